The molecule has 2 aromatic heterocycles. The van der Waals surface area contributed by atoms with Gasteiger partial charge in [0.2, 0.25) is 0 Å². The summed E-state index contributed by atoms with van der Waals surface area (Å²) in [5, 5.41) is 1.23. The molecule has 1 fully saturated rings. The minimum Gasteiger partial charge on any atom is -0.339 e. The van der Waals surface area contributed by atoms with Crippen molar-refractivity contribution in [3.05, 3.63) is 50.7 Å². The molecule has 3 heterocycles. The van der Waals surface area contributed by atoms with Gasteiger partial charge in [0.1, 0.15) is 0 Å². The summed E-state index contributed by atoms with van der Waals surface area (Å²) in [6.45, 7) is 9.65. The summed E-state index contributed by atoms with van der Waals surface area (Å²) < 4.78 is 0. The fourth-order valence-corrected chi connectivity index (χ4v) is 4.64. The van der Waals surface area contributed by atoms with Gasteiger partial charge in [-0.05, 0) is 58.7 Å². The van der Waals surface area contributed by atoms with E-state index in [1.165, 1.54) is 9.88 Å². The molecule has 3 aromatic rings. The molecule has 0 radical (unpaired) electrons. The third-order valence-corrected chi connectivity index (χ3v) is 6.73. The van der Waals surface area contributed by atoms with E-state index < -0.39 is 0 Å². The van der Waals surface area contributed by atoms with Crippen molar-refractivity contribution < 1.29 is 4.79 Å². The highest BCUT2D eigenvalue weighted by Crippen LogP contribution is 2.32. The van der Waals surface area contributed by atoms with Crippen LogP contribution in [0.2, 0.25) is 0 Å². The van der Waals surface area contributed by atoms with E-state index in [2.05, 4.69) is 23.8 Å². The van der Waals surface area contributed by atoms with Crippen molar-refractivity contribution in [3.63, 3.8) is 0 Å². The van der Waals surface area contributed by atoms with E-state index in [4.69, 9.17) is 4.98 Å². The van der Waals surface area contributed by atoms with Gasteiger partial charge >= 0.3 is 0 Å². The van der Waals surface area contributed by atoms with Crippen molar-refractivity contribution in [2.45, 2.75) is 46.5 Å². The zero-order valence-electron chi connectivity index (χ0n) is 16.2. The number of benzene rings is 1. The maximum absolute atomic E-state index is 13.0. The summed E-state index contributed by atoms with van der Waals surface area (Å²) >= 11 is 1.80. The number of hydrogen-bond donors (Lipinski definition) is 0. The molecule has 6 heteroatoms. The highest BCUT2D eigenvalue weighted by molar-refractivity contribution is 7.11. The Balaban J connectivity index is 1.49. The number of hydrogen-bond acceptors (Lipinski definition) is 5. The second-order valence-corrected chi connectivity index (χ2v) is 8.59. The molecule has 1 aliphatic heterocycles. The first-order chi connectivity index (χ1) is 12.9. The van der Waals surface area contributed by atoms with Crippen LogP contribution < -0.4 is 0 Å². The van der Waals surface area contributed by atoms with Crippen LogP contribution in [0.3, 0.4) is 0 Å². The highest BCUT2D eigenvalue weighted by Gasteiger charge is 2.26. The molecule has 1 amide bonds. The molecule has 1 aliphatic rings. The molecular formula is C21H24N4OS. The Labute approximate surface area is 163 Å². The van der Waals surface area contributed by atoms with Crippen LogP contribution >= 0.6 is 11.3 Å². The number of aryl methyl sites for hydroxylation is 4. The lowest BCUT2D eigenvalue weighted by atomic mass is 9.97. The average Bonchev–Trinajstić information content (AvgIpc) is 3.00. The highest BCUT2D eigenvalue weighted by atomic mass is 32.1. The van der Waals surface area contributed by atoms with Gasteiger partial charge in [-0.15, -0.1) is 11.3 Å². The summed E-state index contributed by atoms with van der Waals surface area (Å²) in [6, 6.07) is 5.64. The predicted molar refractivity (Wildman–Crippen MR) is 108 cm³/mol. The number of piperidine rings is 1. The number of likely N-dealkylation sites (tertiary alicyclic amines) is 1. The van der Waals surface area contributed by atoms with Gasteiger partial charge in [-0.25, -0.2) is 15.0 Å². The third-order valence-electron chi connectivity index (χ3n) is 5.50. The number of aromatic nitrogens is 3. The zero-order chi connectivity index (χ0) is 19.1. The minimum atomic E-state index is 0.0851. The number of nitrogens with zero attached hydrogens (tertiary/aromatic N) is 4. The van der Waals surface area contributed by atoms with Crippen LogP contribution in [0.4, 0.5) is 0 Å². The SMILES string of the molecule is Cc1nc2ccc(C(=O)N3CCC(c4nc(C)c(C)s4)CC3)cc2nc1C. The van der Waals surface area contributed by atoms with Crippen LogP contribution in [0.1, 0.15) is 56.1 Å². The standard InChI is InChI=1S/C21H24N4OS/c1-12-13(2)23-19-11-17(5-6-18(19)22-12)21(26)25-9-7-16(8-10-25)20-24-14(3)15(4)27-20/h5-6,11,16H,7-10H2,1-4H3. The van der Waals surface area contributed by atoms with E-state index in [0.29, 0.717) is 11.5 Å². The van der Waals surface area contributed by atoms with Crippen LogP contribution in [-0.4, -0.2) is 38.8 Å². The van der Waals surface area contributed by atoms with E-state index in [0.717, 1.165) is 54.0 Å². The van der Waals surface area contributed by atoms with Crippen molar-refractivity contribution in [2.24, 2.45) is 0 Å². The molecule has 1 aromatic carbocycles. The topological polar surface area (TPSA) is 59.0 Å². The fraction of sp³-hybridized carbons (Fsp3) is 0.429. The van der Waals surface area contributed by atoms with E-state index in [-0.39, 0.29) is 5.91 Å². The predicted octanol–water partition coefficient (Wildman–Crippen LogP) is 4.34. The number of rotatable bonds is 2. The lowest BCUT2D eigenvalue weighted by Gasteiger charge is -2.31. The summed E-state index contributed by atoms with van der Waals surface area (Å²) in [5.41, 5.74) is 5.28. The molecule has 0 aliphatic carbocycles. The molecule has 0 atom stereocenters. The Bertz CT molecular complexity index is 999. The fourth-order valence-electron chi connectivity index (χ4n) is 3.55. The molecule has 0 N–H and O–H groups in total. The maximum atomic E-state index is 13.0. The van der Waals surface area contributed by atoms with Gasteiger partial charge in [0.05, 0.1) is 33.1 Å². The number of thiazole rings is 1. The van der Waals surface area contributed by atoms with Gasteiger partial charge in [0.15, 0.2) is 0 Å². The molecule has 0 spiro atoms. The Morgan fingerprint density at radius 2 is 1.63 bits per heavy atom. The first kappa shape index (κ1) is 18.0. The first-order valence-corrected chi connectivity index (χ1v) is 10.2. The second kappa shape index (κ2) is 7.00. The molecule has 140 valence electrons. The van der Waals surface area contributed by atoms with E-state index in [1.807, 2.05) is 36.9 Å². The van der Waals surface area contributed by atoms with Crippen molar-refractivity contribution in [3.8, 4) is 0 Å². The van der Waals surface area contributed by atoms with Crippen LogP contribution in [0.25, 0.3) is 11.0 Å². The average molecular weight is 381 g/mol. The molecule has 0 saturated carbocycles. The van der Waals surface area contributed by atoms with Crippen molar-refractivity contribution in [2.75, 3.05) is 13.1 Å². The molecule has 27 heavy (non-hydrogen) atoms. The largest absolute Gasteiger partial charge is 0.339 e. The van der Waals surface area contributed by atoms with Crippen LogP contribution in [0.5, 0.6) is 0 Å². The monoisotopic (exact) mass is 380 g/mol. The molecule has 0 bridgehead atoms. The van der Waals surface area contributed by atoms with Crippen LogP contribution in [0, 0.1) is 27.7 Å². The van der Waals surface area contributed by atoms with Crippen LogP contribution in [-0.2, 0) is 0 Å². The Kier molecular flexibility index (Phi) is 4.68. The molecule has 1 saturated heterocycles. The van der Waals surface area contributed by atoms with E-state index >= 15 is 0 Å². The van der Waals surface area contributed by atoms with E-state index in [9.17, 15) is 4.79 Å². The van der Waals surface area contributed by atoms with Gasteiger partial charge in [0.25, 0.3) is 5.91 Å². The Hall–Kier alpha value is -2.34. The third kappa shape index (κ3) is 3.46. The summed E-state index contributed by atoms with van der Waals surface area (Å²) in [6.07, 6.45) is 1.95. The van der Waals surface area contributed by atoms with Gasteiger partial charge in [-0.1, -0.05) is 0 Å². The van der Waals surface area contributed by atoms with Gasteiger partial charge in [-0.3, -0.25) is 4.79 Å². The molecule has 4 rings (SSSR count). The summed E-state index contributed by atoms with van der Waals surface area (Å²) in [4.78, 5) is 30.1. The van der Waals surface area contributed by atoms with Crippen molar-refractivity contribution >= 4 is 28.3 Å². The van der Waals surface area contributed by atoms with Crippen LogP contribution in [0.15, 0.2) is 18.2 Å². The number of carbonyl (C=O) groups is 1. The second-order valence-electron chi connectivity index (χ2n) is 7.36. The maximum Gasteiger partial charge on any atom is 0.253 e. The van der Waals surface area contributed by atoms with Gasteiger partial charge < -0.3 is 4.90 Å². The quantitative estimate of drug-likeness (QED) is 0.663. The molecule has 5 nitrogen and oxygen atoms in total. The molecule has 0 unspecified atom stereocenters. The number of fused-ring (bicyclic) bond motifs is 1. The van der Waals surface area contributed by atoms with Crippen molar-refractivity contribution in [1.82, 2.24) is 19.9 Å². The lowest BCUT2D eigenvalue weighted by molar-refractivity contribution is 0.0713. The Morgan fingerprint density at radius 3 is 2.26 bits per heavy atom. The lowest BCUT2D eigenvalue weighted by Crippen LogP contribution is -2.37. The smallest absolute Gasteiger partial charge is 0.253 e. The van der Waals surface area contributed by atoms with E-state index in [1.54, 1.807) is 11.3 Å². The number of carbonyl (C=O) groups excluding carboxylic acids is 1. The summed E-state index contributed by atoms with van der Waals surface area (Å²) in [7, 11) is 0. The van der Waals surface area contributed by atoms with Gasteiger partial charge in [0, 0.05) is 29.4 Å². The normalized spacial score (nSPS) is 15.5. The minimum absolute atomic E-state index is 0.0851. The number of amides is 1. The zero-order valence-corrected chi connectivity index (χ0v) is 17.1. The summed E-state index contributed by atoms with van der Waals surface area (Å²) in [5.74, 6) is 0.557. The Morgan fingerprint density at radius 1 is 0.963 bits per heavy atom. The first-order valence-electron chi connectivity index (χ1n) is 9.40. The van der Waals surface area contributed by atoms with Crippen molar-refractivity contribution in [1.29, 1.82) is 0 Å². The van der Waals surface area contributed by atoms with Gasteiger partial charge in [-0.2, -0.15) is 0 Å². The molecular weight excluding hydrogens is 356 g/mol.